The molecule has 0 radical (unpaired) electrons. The van der Waals surface area contributed by atoms with Crippen LogP contribution in [0.2, 0.25) is 0 Å². The summed E-state index contributed by atoms with van der Waals surface area (Å²) in [6.07, 6.45) is 0.763. The fraction of sp³-hybridized carbons (Fsp3) is 0.333. The number of para-hydroxylation sites is 1. The highest BCUT2D eigenvalue weighted by molar-refractivity contribution is 7.93. The molecule has 0 N–H and O–H groups in total. The molecule has 2 aromatic rings. The van der Waals surface area contributed by atoms with Crippen molar-refractivity contribution in [1.29, 1.82) is 0 Å². The minimum absolute atomic E-state index is 0.0524. The zero-order chi connectivity index (χ0) is 16.1. The molecule has 1 aliphatic heterocycles. The molecular formula is C18H21NO2S. The second-order valence-corrected chi connectivity index (χ2v) is 7.90. The Hall–Kier alpha value is -1.81. The van der Waals surface area contributed by atoms with Crippen LogP contribution in [0.3, 0.4) is 0 Å². The molecular weight excluding hydrogens is 294 g/mol. The van der Waals surface area contributed by atoms with Crippen LogP contribution in [0, 0.1) is 20.8 Å². The highest BCUT2D eigenvalue weighted by Crippen LogP contribution is 2.37. The van der Waals surface area contributed by atoms with Gasteiger partial charge in [-0.15, -0.1) is 0 Å². The number of hydrogen-bond donors (Lipinski definition) is 0. The molecule has 3 rings (SSSR count). The van der Waals surface area contributed by atoms with E-state index >= 15 is 0 Å². The molecule has 0 bridgehead atoms. The first-order valence-electron chi connectivity index (χ1n) is 7.53. The number of hydrogen-bond acceptors (Lipinski definition) is 2. The number of nitrogens with zero attached hydrogens (tertiary/aromatic N) is 1. The van der Waals surface area contributed by atoms with Crippen molar-refractivity contribution in [3.63, 3.8) is 0 Å². The minimum Gasteiger partial charge on any atom is -0.263 e. The summed E-state index contributed by atoms with van der Waals surface area (Å²) >= 11 is 0. The van der Waals surface area contributed by atoms with E-state index in [4.69, 9.17) is 0 Å². The van der Waals surface area contributed by atoms with Gasteiger partial charge in [0.2, 0.25) is 0 Å². The maximum atomic E-state index is 13.2. The molecule has 1 atom stereocenters. The van der Waals surface area contributed by atoms with Crippen molar-refractivity contribution < 1.29 is 8.42 Å². The molecule has 0 fully saturated rings. The molecule has 0 aromatic heterocycles. The lowest BCUT2D eigenvalue weighted by molar-refractivity contribution is 0.583. The quantitative estimate of drug-likeness (QED) is 0.846. The molecule has 1 aliphatic rings. The molecule has 1 heterocycles. The van der Waals surface area contributed by atoms with Crippen LogP contribution in [-0.4, -0.2) is 14.5 Å². The van der Waals surface area contributed by atoms with E-state index in [0.29, 0.717) is 4.90 Å². The lowest BCUT2D eigenvalue weighted by Crippen LogP contribution is -2.36. The minimum atomic E-state index is -3.54. The number of fused-ring (bicyclic) bond motifs is 1. The highest BCUT2D eigenvalue weighted by atomic mass is 32.2. The Labute approximate surface area is 132 Å². The van der Waals surface area contributed by atoms with Crippen molar-refractivity contribution in [1.82, 2.24) is 0 Å². The van der Waals surface area contributed by atoms with Crippen LogP contribution in [0.1, 0.15) is 29.2 Å². The Bertz CT molecular complexity index is 840. The first-order valence-corrected chi connectivity index (χ1v) is 8.97. The van der Waals surface area contributed by atoms with Crippen LogP contribution < -0.4 is 4.31 Å². The Morgan fingerprint density at radius 1 is 1.00 bits per heavy atom. The third-order valence-electron chi connectivity index (χ3n) is 4.69. The maximum absolute atomic E-state index is 13.2. The van der Waals surface area contributed by atoms with E-state index in [1.54, 1.807) is 10.4 Å². The van der Waals surface area contributed by atoms with Crippen LogP contribution in [0.4, 0.5) is 5.69 Å². The standard InChI is InChI=1S/C18H21NO2S/c1-12-9-10-18(15(4)14(12)3)22(20,21)19-13(2)11-16-7-5-6-8-17(16)19/h5-10,13H,11H2,1-4H3. The average Bonchev–Trinajstić information content (AvgIpc) is 2.80. The van der Waals surface area contributed by atoms with Gasteiger partial charge in [-0.05, 0) is 68.5 Å². The normalized spacial score (nSPS) is 17.6. The van der Waals surface area contributed by atoms with E-state index in [1.807, 2.05) is 58.0 Å². The van der Waals surface area contributed by atoms with E-state index in [1.165, 1.54) is 0 Å². The summed E-state index contributed by atoms with van der Waals surface area (Å²) in [7, 11) is -3.54. The summed E-state index contributed by atoms with van der Waals surface area (Å²) in [6, 6.07) is 11.3. The molecule has 0 spiro atoms. The first-order chi connectivity index (χ1) is 10.3. The first kappa shape index (κ1) is 15.1. The van der Waals surface area contributed by atoms with Gasteiger partial charge in [-0.2, -0.15) is 0 Å². The SMILES string of the molecule is Cc1ccc(S(=O)(=O)N2c3ccccc3CC2C)c(C)c1C. The number of rotatable bonds is 2. The monoisotopic (exact) mass is 315 g/mol. The summed E-state index contributed by atoms with van der Waals surface area (Å²) in [5.41, 5.74) is 4.91. The third kappa shape index (κ3) is 2.13. The van der Waals surface area contributed by atoms with Crippen LogP contribution in [-0.2, 0) is 16.4 Å². The molecule has 0 saturated carbocycles. The van der Waals surface area contributed by atoms with Gasteiger partial charge in [0.1, 0.15) is 0 Å². The Morgan fingerprint density at radius 3 is 2.41 bits per heavy atom. The second-order valence-electron chi connectivity index (χ2n) is 6.11. The molecule has 4 heteroatoms. The summed E-state index contributed by atoms with van der Waals surface area (Å²) < 4.78 is 28.0. The van der Waals surface area contributed by atoms with Crippen LogP contribution in [0.25, 0.3) is 0 Å². The van der Waals surface area contributed by atoms with Crippen molar-refractivity contribution in [3.05, 3.63) is 58.7 Å². The highest BCUT2D eigenvalue weighted by Gasteiger charge is 2.36. The zero-order valence-electron chi connectivity index (χ0n) is 13.4. The van der Waals surface area contributed by atoms with Crippen LogP contribution in [0.15, 0.2) is 41.3 Å². The van der Waals surface area contributed by atoms with Gasteiger partial charge in [0, 0.05) is 6.04 Å². The molecule has 2 aromatic carbocycles. The van der Waals surface area contributed by atoms with Gasteiger partial charge in [0.05, 0.1) is 10.6 Å². The average molecular weight is 315 g/mol. The van der Waals surface area contributed by atoms with Crippen molar-refractivity contribution in [3.8, 4) is 0 Å². The number of sulfonamides is 1. The summed E-state index contributed by atoms with van der Waals surface area (Å²) in [6.45, 7) is 7.84. The van der Waals surface area contributed by atoms with Crippen molar-refractivity contribution >= 4 is 15.7 Å². The molecule has 0 amide bonds. The molecule has 0 aliphatic carbocycles. The predicted octanol–water partition coefficient (Wildman–Crippen LogP) is 3.75. The van der Waals surface area contributed by atoms with Gasteiger partial charge in [0.15, 0.2) is 0 Å². The maximum Gasteiger partial charge on any atom is 0.264 e. The molecule has 0 saturated heterocycles. The van der Waals surface area contributed by atoms with Gasteiger partial charge in [0.25, 0.3) is 10.0 Å². The molecule has 1 unspecified atom stereocenters. The summed E-state index contributed by atoms with van der Waals surface area (Å²) in [5.74, 6) is 0. The van der Waals surface area contributed by atoms with Crippen LogP contribution >= 0.6 is 0 Å². The summed E-state index contributed by atoms with van der Waals surface area (Å²) in [4.78, 5) is 0.416. The third-order valence-corrected chi connectivity index (χ3v) is 6.76. The van der Waals surface area contributed by atoms with E-state index in [2.05, 4.69) is 0 Å². The van der Waals surface area contributed by atoms with Gasteiger partial charge < -0.3 is 0 Å². The van der Waals surface area contributed by atoms with E-state index in [0.717, 1.165) is 34.4 Å². The largest absolute Gasteiger partial charge is 0.264 e. The van der Waals surface area contributed by atoms with E-state index in [9.17, 15) is 8.42 Å². The fourth-order valence-corrected chi connectivity index (χ4v) is 5.20. The van der Waals surface area contributed by atoms with Crippen molar-refractivity contribution in [2.24, 2.45) is 0 Å². The smallest absolute Gasteiger partial charge is 0.263 e. The summed E-state index contributed by atoms with van der Waals surface area (Å²) in [5, 5.41) is 0. The molecule has 22 heavy (non-hydrogen) atoms. The van der Waals surface area contributed by atoms with Gasteiger partial charge in [-0.25, -0.2) is 8.42 Å². The second kappa shape index (κ2) is 5.13. The Morgan fingerprint density at radius 2 is 1.68 bits per heavy atom. The Balaban J connectivity index is 2.18. The van der Waals surface area contributed by atoms with Gasteiger partial charge in [-0.3, -0.25) is 4.31 Å². The number of aryl methyl sites for hydroxylation is 1. The Kier molecular flexibility index (Phi) is 3.52. The van der Waals surface area contributed by atoms with Crippen LogP contribution in [0.5, 0.6) is 0 Å². The van der Waals surface area contributed by atoms with Gasteiger partial charge in [-0.1, -0.05) is 24.3 Å². The predicted molar refractivity (Wildman–Crippen MR) is 89.9 cm³/mol. The zero-order valence-corrected chi connectivity index (χ0v) is 14.2. The van der Waals surface area contributed by atoms with E-state index in [-0.39, 0.29) is 6.04 Å². The topological polar surface area (TPSA) is 37.4 Å². The molecule has 3 nitrogen and oxygen atoms in total. The number of anilines is 1. The number of benzene rings is 2. The lowest BCUT2D eigenvalue weighted by Gasteiger charge is -2.26. The fourth-order valence-electron chi connectivity index (χ4n) is 3.22. The van der Waals surface area contributed by atoms with Crippen molar-refractivity contribution in [2.75, 3.05) is 4.31 Å². The lowest BCUT2D eigenvalue weighted by atomic mass is 10.1. The molecule has 116 valence electrons. The van der Waals surface area contributed by atoms with E-state index < -0.39 is 10.0 Å². The van der Waals surface area contributed by atoms with Gasteiger partial charge >= 0.3 is 0 Å². The van der Waals surface area contributed by atoms with Crippen molar-refractivity contribution in [2.45, 2.75) is 45.1 Å².